The van der Waals surface area contributed by atoms with Gasteiger partial charge in [0.2, 0.25) is 0 Å². The molecule has 1 aliphatic rings. The predicted molar refractivity (Wildman–Crippen MR) is 60.9 cm³/mol. The number of rotatable bonds is 4. The molecular weight excluding hydrogens is 261 g/mol. The molecule has 3 nitrogen and oxygen atoms in total. The molecule has 1 saturated heterocycles. The third-order valence-corrected chi connectivity index (χ3v) is 2.95. The predicted octanol–water partition coefficient (Wildman–Crippen LogP) is 2.69. The minimum atomic E-state index is -4.37. The molecule has 0 amide bonds. The van der Waals surface area contributed by atoms with Crippen LogP contribution >= 0.6 is 0 Å². The van der Waals surface area contributed by atoms with E-state index < -0.39 is 11.7 Å². The largest absolute Gasteiger partial charge is 0.486 e. The van der Waals surface area contributed by atoms with E-state index in [1.165, 1.54) is 12.1 Å². The van der Waals surface area contributed by atoms with Crippen molar-refractivity contribution in [2.45, 2.75) is 12.6 Å². The first kappa shape index (κ1) is 13.9. The first-order valence-corrected chi connectivity index (χ1v) is 5.87. The summed E-state index contributed by atoms with van der Waals surface area (Å²) in [6.07, 6.45) is -3.69. The van der Waals surface area contributed by atoms with E-state index in [9.17, 15) is 18.0 Å². The fraction of sp³-hybridized carbons (Fsp3) is 0.462. The number of hydrogen-bond acceptors (Lipinski definition) is 3. The van der Waals surface area contributed by atoms with E-state index in [0.29, 0.717) is 19.6 Å². The lowest BCUT2D eigenvalue weighted by atomic mass is 10.0. The first-order chi connectivity index (χ1) is 8.97. The van der Waals surface area contributed by atoms with Gasteiger partial charge in [0.05, 0.1) is 12.2 Å². The number of benzene rings is 1. The Hall–Kier alpha value is -1.56. The normalized spacial score (nSPS) is 19.4. The summed E-state index contributed by atoms with van der Waals surface area (Å²) >= 11 is 0. The average molecular weight is 274 g/mol. The van der Waals surface area contributed by atoms with Crippen molar-refractivity contribution in [1.29, 1.82) is 0 Å². The third-order valence-electron chi connectivity index (χ3n) is 2.95. The van der Waals surface area contributed by atoms with Gasteiger partial charge in [-0.25, -0.2) is 0 Å². The number of carbonyl (C=O) groups is 1. The first-order valence-electron chi connectivity index (χ1n) is 5.87. The lowest BCUT2D eigenvalue weighted by molar-refractivity contribution is -0.137. The molecule has 104 valence electrons. The molecule has 0 aliphatic carbocycles. The van der Waals surface area contributed by atoms with Crippen LogP contribution in [0.4, 0.5) is 13.2 Å². The van der Waals surface area contributed by atoms with Crippen LogP contribution in [0.3, 0.4) is 0 Å². The van der Waals surface area contributed by atoms with Crippen LogP contribution in [0.1, 0.15) is 12.0 Å². The number of hydrogen-bond donors (Lipinski definition) is 0. The molecule has 1 unspecified atom stereocenters. The Kier molecular flexibility index (Phi) is 4.09. The number of ketones is 1. The minimum Gasteiger partial charge on any atom is -0.486 e. The van der Waals surface area contributed by atoms with Crippen LogP contribution < -0.4 is 4.74 Å². The molecule has 1 aromatic carbocycles. The zero-order valence-corrected chi connectivity index (χ0v) is 10.1. The van der Waals surface area contributed by atoms with E-state index in [1.807, 2.05) is 0 Å². The number of alkyl halides is 3. The summed E-state index contributed by atoms with van der Waals surface area (Å²) in [5.74, 6) is 0.00658. The van der Waals surface area contributed by atoms with Gasteiger partial charge in [-0.05, 0) is 30.7 Å². The van der Waals surface area contributed by atoms with Gasteiger partial charge in [-0.1, -0.05) is 0 Å². The highest BCUT2D eigenvalue weighted by Crippen LogP contribution is 2.30. The van der Waals surface area contributed by atoms with Crippen molar-refractivity contribution in [2.75, 3.05) is 19.8 Å². The van der Waals surface area contributed by atoms with Crippen molar-refractivity contribution in [3.63, 3.8) is 0 Å². The van der Waals surface area contributed by atoms with Crippen molar-refractivity contribution in [3.05, 3.63) is 29.8 Å². The van der Waals surface area contributed by atoms with Crippen LogP contribution in [0, 0.1) is 5.92 Å². The van der Waals surface area contributed by atoms with Crippen molar-refractivity contribution in [3.8, 4) is 5.75 Å². The highest BCUT2D eigenvalue weighted by Gasteiger charge is 2.30. The SMILES string of the molecule is O=C(COc1ccc(C(F)(F)F)cc1)C1CCOC1. The van der Waals surface area contributed by atoms with Crippen molar-refractivity contribution < 1.29 is 27.4 Å². The molecule has 0 radical (unpaired) electrons. The monoisotopic (exact) mass is 274 g/mol. The molecule has 1 atom stereocenters. The molecule has 0 saturated carbocycles. The fourth-order valence-corrected chi connectivity index (χ4v) is 1.80. The quantitative estimate of drug-likeness (QED) is 0.846. The third kappa shape index (κ3) is 3.70. The Labute approximate surface area is 108 Å². The molecule has 1 aliphatic heterocycles. The van der Waals surface area contributed by atoms with Gasteiger partial charge in [0, 0.05) is 12.5 Å². The second kappa shape index (κ2) is 5.61. The van der Waals surface area contributed by atoms with E-state index in [-0.39, 0.29) is 24.1 Å². The molecule has 0 N–H and O–H groups in total. The van der Waals surface area contributed by atoms with E-state index in [1.54, 1.807) is 0 Å². The molecule has 1 heterocycles. The van der Waals surface area contributed by atoms with E-state index in [0.717, 1.165) is 12.1 Å². The molecule has 6 heteroatoms. The van der Waals surface area contributed by atoms with Crippen LogP contribution in [0.25, 0.3) is 0 Å². The Morgan fingerprint density at radius 3 is 2.53 bits per heavy atom. The molecule has 0 spiro atoms. The number of halogens is 3. The molecular formula is C13H13F3O3. The second-order valence-electron chi connectivity index (χ2n) is 4.34. The van der Waals surface area contributed by atoms with E-state index >= 15 is 0 Å². The molecule has 0 aromatic heterocycles. The van der Waals surface area contributed by atoms with Crippen LogP contribution in [-0.2, 0) is 15.7 Å². The van der Waals surface area contributed by atoms with Crippen molar-refractivity contribution >= 4 is 5.78 Å². The van der Waals surface area contributed by atoms with Gasteiger partial charge in [0.25, 0.3) is 0 Å². The van der Waals surface area contributed by atoms with Gasteiger partial charge in [-0.2, -0.15) is 13.2 Å². The van der Waals surface area contributed by atoms with Crippen LogP contribution in [0.5, 0.6) is 5.75 Å². The lowest BCUT2D eigenvalue weighted by Crippen LogP contribution is -2.21. The van der Waals surface area contributed by atoms with Gasteiger partial charge in [0.15, 0.2) is 5.78 Å². The van der Waals surface area contributed by atoms with E-state index in [2.05, 4.69) is 0 Å². The smallest absolute Gasteiger partial charge is 0.416 e. The maximum atomic E-state index is 12.3. The molecule has 19 heavy (non-hydrogen) atoms. The summed E-state index contributed by atoms with van der Waals surface area (Å²) in [7, 11) is 0. The highest BCUT2D eigenvalue weighted by molar-refractivity contribution is 5.82. The van der Waals surface area contributed by atoms with Gasteiger partial charge in [-0.3, -0.25) is 4.79 Å². The number of ether oxygens (including phenoxy) is 2. The van der Waals surface area contributed by atoms with Gasteiger partial charge in [-0.15, -0.1) is 0 Å². The van der Waals surface area contributed by atoms with Gasteiger partial charge >= 0.3 is 6.18 Å². The molecule has 1 fully saturated rings. The zero-order valence-electron chi connectivity index (χ0n) is 10.1. The standard InChI is InChI=1S/C13H13F3O3/c14-13(15,16)10-1-3-11(4-2-10)19-8-12(17)9-5-6-18-7-9/h1-4,9H,5-8H2. The van der Waals surface area contributed by atoms with Crippen molar-refractivity contribution in [2.24, 2.45) is 5.92 Å². The van der Waals surface area contributed by atoms with Crippen molar-refractivity contribution in [1.82, 2.24) is 0 Å². The zero-order chi connectivity index (χ0) is 13.9. The second-order valence-corrected chi connectivity index (χ2v) is 4.34. The topological polar surface area (TPSA) is 35.5 Å². The minimum absolute atomic E-state index is 0.0857. The summed E-state index contributed by atoms with van der Waals surface area (Å²) in [6, 6.07) is 4.28. The highest BCUT2D eigenvalue weighted by atomic mass is 19.4. The Balaban J connectivity index is 1.87. The van der Waals surface area contributed by atoms with Gasteiger partial charge in [0.1, 0.15) is 12.4 Å². The van der Waals surface area contributed by atoms with E-state index in [4.69, 9.17) is 9.47 Å². The Bertz CT molecular complexity index is 433. The maximum Gasteiger partial charge on any atom is 0.416 e. The maximum absolute atomic E-state index is 12.3. The van der Waals surface area contributed by atoms with Crippen LogP contribution in [0.15, 0.2) is 24.3 Å². The molecule has 0 bridgehead atoms. The lowest BCUT2D eigenvalue weighted by Gasteiger charge is -2.10. The van der Waals surface area contributed by atoms with Crippen LogP contribution in [0.2, 0.25) is 0 Å². The van der Waals surface area contributed by atoms with Crippen LogP contribution in [-0.4, -0.2) is 25.6 Å². The Morgan fingerprint density at radius 1 is 1.32 bits per heavy atom. The Morgan fingerprint density at radius 2 is 2.00 bits per heavy atom. The molecule has 2 rings (SSSR count). The number of carbonyl (C=O) groups excluding carboxylic acids is 1. The number of Topliss-reactive ketones (excluding diaryl/α,β-unsaturated/α-hetero) is 1. The summed E-state index contributed by atoms with van der Waals surface area (Å²) in [5.41, 5.74) is -0.740. The summed E-state index contributed by atoms with van der Waals surface area (Å²) < 4.78 is 47.2. The summed E-state index contributed by atoms with van der Waals surface area (Å²) in [4.78, 5) is 11.7. The summed E-state index contributed by atoms with van der Waals surface area (Å²) in [5, 5.41) is 0. The molecule has 1 aromatic rings. The fourth-order valence-electron chi connectivity index (χ4n) is 1.80. The average Bonchev–Trinajstić information content (AvgIpc) is 2.89. The van der Waals surface area contributed by atoms with Gasteiger partial charge < -0.3 is 9.47 Å². The summed E-state index contributed by atoms with van der Waals surface area (Å²) in [6.45, 7) is 0.825.